The van der Waals surface area contributed by atoms with Gasteiger partial charge in [-0.15, -0.1) is 0 Å². The zero-order valence-corrected chi connectivity index (χ0v) is 10.9. The van der Waals surface area contributed by atoms with Crippen molar-refractivity contribution in [3.63, 3.8) is 0 Å². The molecule has 0 heterocycles. The van der Waals surface area contributed by atoms with E-state index in [2.05, 4.69) is 5.32 Å². The number of carbonyl (C=O) groups excluding carboxylic acids is 1. The van der Waals surface area contributed by atoms with Crippen molar-refractivity contribution in [2.24, 2.45) is 0 Å². The van der Waals surface area contributed by atoms with E-state index in [9.17, 15) is 4.79 Å². The van der Waals surface area contributed by atoms with Crippen molar-refractivity contribution in [3.8, 4) is 0 Å². The molecule has 19 heavy (non-hydrogen) atoms. The Bertz CT molecular complexity index is 511. The molecule has 0 aliphatic heterocycles. The third kappa shape index (κ3) is 3.66. The molecule has 0 aliphatic carbocycles. The van der Waals surface area contributed by atoms with E-state index in [1.807, 2.05) is 60.7 Å². The molecule has 0 saturated carbocycles. The van der Waals surface area contributed by atoms with Crippen molar-refractivity contribution >= 4 is 5.97 Å². The van der Waals surface area contributed by atoms with E-state index >= 15 is 0 Å². The summed E-state index contributed by atoms with van der Waals surface area (Å²) >= 11 is 0. The number of hydrogen-bond acceptors (Lipinski definition) is 3. The molecule has 0 bridgehead atoms. The normalized spacial score (nSPS) is 11.8. The maximum atomic E-state index is 12.1. The quantitative estimate of drug-likeness (QED) is 0.835. The van der Waals surface area contributed by atoms with Gasteiger partial charge in [-0.1, -0.05) is 60.7 Å². The predicted octanol–water partition coefficient (Wildman–Crippen LogP) is 2.69. The van der Waals surface area contributed by atoms with Crippen LogP contribution in [0, 0.1) is 0 Å². The van der Waals surface area contributed by atoms with Crippen molar-refractivity contribution in [3.05, 3.63) is 71.8 Å². The van der Waals surface area contributed by atoms with E-state index in [4.69, 9.17) is 4.74 Å². The number of esters is 1. The lowest BCUT2D eigenvalue weighted by Crippen LogP contribution is -2.27. The Morgan fingerprint density at radius 2 is 1.63 bits per heavy atom. The summed E-state index contributed by atoms with van der Waals surface area (Å²) in [4.78, 5) is 12.1. The third-order valence-electron chi connectivity index (χ3n) is 2.88. The van der Waals surface area contributed by atoms with Crippen molar-refractivity contribution < 1.29 is 9.53 Å². The number of nitrogens with one attached hydrogen (secondary N) is 1. The van der Waals surface area contributed by atoms with Crippen molar-refractivity contribution in [2.45, 2.75) is 12.6 Å². The Balaban J connectivity index is 1.98. The molecule has 0 saturated heterocycles. The lowest BCUT2D eigenvalue weighted by molar-refractivity contribution is -0.147. The average molecular weight is 255 g/mol. The fraction of sp³-hybridized carbons (Fsp3) is 0.188. The van der Waals surface area contributed by atoms with E-state index < -0.39 is 6.04 Å². The molecule has 0 amide bonds. The van der Waals surface area contributed by atoms with Crippen LogP contribution in [0.1, 0.15) is 17.2 Å². The highest BCUT2D eigenvalue weighted by molar-refractivity contribution is 5.77. The van der Waals surface area contributed by atoms with Crippen LogP contribution in [0.15, 0.2) is 60.7 Å². The van der Waals surface area contributed by atoms with Gasteiger partial charge in [0.05, 0.1) is 0 Å². The standard InChI is InChI=1S/C16H17NO2/c1-17-15(14-10-6-3-7-11-14)16(18)19-12-13-8-4-2-5-9-13/h2-11,15,17H,12H2,1H3. The molecular formula is C16H17NO2. The van der Waals surface area contributed by atoms with Crippen LogP contribution in [0.3, 0.4) is 0 Å². The molecule has 0 aliphatic rings. The fourth-order valence-electron chi connectivity index (χ4n) is 1.88. The summed E-state index contributed by atoms with van der Waals surface area (Å²) in [6, 6.07) is 18.8. The Hall–Kier alpha value is -2.13. The number of ether oxygens (including phenoxy) is 1. The van der Waals surface area contributed by atoms with Gasteiger partial charge in [0.1, 0.15) is 12.6 Å². The van der Waals surface area contributed by atoms with Crippen LogP contribution in [-0.4, -0.2) is 13.0 Å². The average Bonchev–Trinajstić information content (AvgIpc) is 2.48. The SMILES string of the molecule is CNC(C(=O)OCc1ccccc1)c1ccccc1. The molecule has 0 spiro atoms. The minimum absolute atomic E-state index is 0.266. The lowest BCUT2D eigenvalue weighted by atomic mass is 10.1. The fourth-order valence-corrected chi connectivity index (χ4v) is 1.88. The number of rotatable bonds is 5. The molecule has 1 atom stereocenters. The van der Waals surface area contributed by atoms with Gasteiger partial charge in [0.15, 0.2) is 0 Å². The summed E-state index contributed by atoms with van der Waals surface area (Å²) in [5.41, 5.74) is 1.89. The second kappa shape index (κ2) is 6.71. The largest absolute Gasteiger partial charge is 0.459 e. The molecule has 1 N–H and O–H groups in total. The van der Waals surface area contributed by atoms with E-state index in [1.165, 1.54) is 0 Å². The topological polar surface area (TPSA) is 38.3 Å². The first-order chi connectivity index (χ1) is 9.31. The summed E-state index contributed by atoms with van der Waals surface area (Å²) in [7, 11) is 1.75. The molecule has 0 fully saturated rings. The van der Waals surface area contributed by atoms with E-state index in [-0.39, 0.29) is 5.97 Å². The minimum atomic E-state index is -0.426. The van der Waals surface area contributed by atoms with Gasteiger partial charge in [-0.25, -0.2) is 4.79 Å². The summed E-state index contributed by atoms with van der Waals surface area (Å²) in [5, 5.41) is 2.98. The summed E-state index contributed by atoms with van der Waals surface area (Å²) in [5.74, 6) is -0.266. The predicted molar refractivity (Wildman–Crippen MR) is 74.5 cm³/mol. The van der Waals surface area contributed by atoms with Crippen LogP contribution in [0.5, 0.6) is 0 Å². The molecule has 2 rings (SSSR count). The minimum Gasteiger partial charge on any atom is -0.459 e. The van der Waals surface area contributed by atoms with E-state index in [0.29, 0.717) is 6.61 Å². The first kappa shape index (κ1) is 13.3. The van der Waals surface area contributed by atoms with Gasteiger partial charge < -0.3 is 10.1 Å². The van der Waals surface area contributed by atoms with Gasteiger partial charge in [-0.2, -0.15) is 0 Å². The van der Waals surface area contributed by atoms with Crippen LogP contribution in [-0.2, 0) is 16.1 Å². The van der Waals surface area contributed by atoms with Gasteiger partial charge in [0.25, 0.3) is 0 Å². The maximum Gasteiger partial charge on any atom is 0.328 e. The maximum absolute atomic E-state index is 12.1. The third-order valence-corrected chi connectivity index (χ3v) is 2.88. The molecule has 2 aromatic carbocycles. The van der Waals surface area contributed by atoms with Gasteiger partial charge >= 0.3 is 5.97 Å². The van der Waals surface area contributed by atoms with Crippen LogP contribution in [0.2, 0.25) is 0 Å². The van der Waals surface area contributed by atoms with Crippen molar-refractivity contribution in [2.75, 3.05) is 7.05 Å². The first-order valence-corrected chi connectivity index (χ1v) is 6.24. The van der Waals surface area contributed by atoms with Gasteiger partial charge in [-0.05, 0) is 18.2 Å². The molecular weight excluding hydrogens is 238 g/mol. The molecule has 3 heteroatoms. The highest BCUT2D eigenvalue weighted by Crippen LogP contribution is 2.14. The van der Waals surface area contributed by atoms with Crippen LogP contribution in [0.25, 0.3) is 0 Å². The molecule has 2 aromatic rings. The first-order valence-electron chi connectivity index (χ1n) is 6.24. The van der Waals surface area contributed by atoms with Crippen LogP contribution in [0.4, 0.5) is 0 Å². The zero-order chi connectivity index (χ0) is 13.5. The second-order valence-electron chi connectivity index (χ2n) is 4.23. The van der Waals surface area contributed by atoms with Crippen LogP contribution >= 0.6 is 0 Å². The zero-order valence-electron chi connectivity index (χ0n) is 10.9. The molecule has 1 unspecified atom stereocenters. The van der Waals surface area contributed by atoms with Gasteiger partial charge in [0, 0.05) is 0 Å². The highest BCUT2D eigenvalue weighted by Gasteiger charge is 2.19. The van der Waals surface area contributed by atoms with Crippen molar-refractivity contribution in [1.29, 1.82) is 0 Å². The molecule has 98 valence electrons. The lowest BCUT2D eigenvalue weighted by Gasteiger charge is -2.15. The molecule has 0 radical (unpaired) electrons. The molecule has 3 nitrogen and oxygen atoms in total. The van der Waals surface area contributed by atoms with Crippen LogP contribution < -0.4 is 5.32 Å². The summed E-state index contributed by atoms with van der Waals surface area (Å²) < 4.78 is 5.33. The van der Waals surface area contributed by atoms with E-state index in [0.717, 1.165) is 11.1 Å². The monoisotopic (exact) mass is 255 g/mol. The Morgan fingerprint density at radius 3 is 2.21 bits per heavy atom. The molecule has 0 aromatic heterocycles. The highest BCUT2D eigenvalue weighted by atomic mass is 16.5. The number of hydrogen-bond donors (Lipinski definition) is 1. The Labute approximate surface area is 113 Å². The van der Waals surface area contributed by atoms with Gasteiger partial charge in [0.2, 0.25) is 0 Å². The smallest absolute Gasteiger partial charge is 0.328 e. The number of carbonyl (C=O) groups is 1. The number of benzene rings is 2. The van der Waals surface area contributed by atoms with Gasteiger partial charge in [-0.3, -0.25) is 0 Å². The number of likely N-dealkylation sites (N-methyl/N-ethyl adjacent to an activating group) is 1. The Morgan fingerprint density at radius 1 is 1.05 bits per heavy atom. The summed E-state index contributed by atoms with van der Waals surface area (Å²) in [6.45, 7) is 0.296. The second-order valence-corrected chi connectivity index (χ2v) is 4.23. The Kier molecular flexibility index (Phi) is 4.70. The summed E-state index contributed by atoms with van der Waals surface area (Å²) in [6.07, 6.45) is 0. The van der Waals surface area contributed by atoms with Crippen molar-refractivity contribution in [1.82, 2.24) is 5.32 Å². The van der Waals surface area contributed by atoms with E-state index in [1.54, 1.807) is 7.05 Å².